The molecule has 1 aromatic rings. The predicted molar refractivity (Wildman–Crippen MR) is 180 cm³/mol. The summed E-state index contributed by atoms with van der Waals surface area (Å²) in [7, 11) is -4.75. The van der Waals surface area contributed by atoms with Crippen molar-refractivity contribution in [2.45, 2.75) is 95.5 Å². The minimum absolute atomic E-state index is 0.0231. The molecular formula is C29H44Br2N6O9S. The van der Waals surface area contributed by atoms with E-state index in [1.54, 1.807) is 19.1 Å². The van der Waals surface area contributed by atoms with Crippen molar-refractivity contribution in [3.8, 4) is 5.75 Å². The lowest BCUT2D eigenvalue weighted by molar-refractivity contribution is -0.146. The first kappa shape index (κ1) is 38.9. The molecule has 264 valence electrons. The number of amides is 3. The van der Waals surface area contributed by atoms with Crippen molar-refractivity contribution in [3.63, 3.8) is 0 Å². The Bertz CT molecular complexity index is 1410. The summed E-state index contributed by atoms with van der Waals surface area (Å²) in [6, 6.07) is 0.518. The van der Waals surface area contributed by atoms with Crippen LogP contribution in [0.4, 0.5) is 0 Å². The van der Waals surface area contributed by atoms with Crippen LogP contribution in [0, 0.1) is 11.8 Å². The van der Waals surface area contributed by atoms with Gasteiger partial charge in [-0.2, -0.15) is 8.42 Å². The third-order valence-electron chi connectivity index (χ3n) is 8.71. The normalized spacial score (nSPS) is 22.9. The fraction of sp³-hybridized carbons (Fsp3) is 0.655. The van der Waals surface area contributed by atoms with Gasteiger partial charge in [-0.25, -0.2) is 4.18 Å². The Labute approximate surface area is 291 Å². The molecule has 1 aliphatic carbocycles. The van der Waals surface area contributed by atoms with Crippen LogP contribution in [0.15, 0.2) is 26.1 Å². The highest BCUT2D eigenvalue weighted by Crippen LogP contribution is 2.42. The molecule has 2 aliphatic rings. The van der Waals surface area contributed by atoms with Crippen molar-refractivity contribution < 1.29 is 41.8 Å². The van der Waals surface area contributed by atoms with Gasteiger partial charge in [0.1, 0.15) is 23.9 Å². The number of carbonyl (C=O) groups is 3. The molecule has 15 nitrogen and oxygen atoms in total. The van der Waals surface area contributed by atoms with Gasteiger partial charge in [0, 0.05) is 25.6 Å². The molecule has 1 aliphatic heterocycles. The summed E-state index contributed by atoms with van der Waals surface area (Å²) in [5.41, 5.74) is 11.2. The molecule has 3 amide bonds. The van der Waals surface area contributed by atoms with E-state index in [0.717, 1.165) is 0 Å². The van der Waals surface area contributed by atoms with E-state index < -0.39 is 58.5 Å². The highest BCUT2D eigenvalue weighted by atomic mass is 79.9. The first-order valence-corrected chi connectivity index (χ1v) is 18.4. The molecule has 47 heavy (non-hydrogen) atoms. The molecule has 1 aromatic carbocycles. The molecule has 0 spiro atoms. The molecule has 1 heterocycles. The Hall–Kier alpha value is -2.51. The number of nitrogens with one attached hydrogen (secondary N) is 2. The number of aliphatic hydroxyl groups is 1. The van der Waals surface area contributed by atoms with E-state index in [0.29, 0.717) is 66.1 Å². The fourth-order valence-electron chi connectivity index (χ4n) is 6.15. The zero-order valence-corrected chi connectivity index (χ0v) is 30.3. The Morgan fingerprint density at radius 3 is 2.40 bits per heavy atom. The maximum Gasteiger partial charge on any atom is 0.397 e. The van der Waals surface area contributed by atoms with Crippen LogP contribution in [-0.2, 0) is 35.4 Å². The summed E-state index contributed by atoms with van der Waals surface area (Å²) in [5.74, 6) is -2.33. The summed E-state index contributed by atoms with van der Waals surface area (Å²) < 4.78 is 37.9. The maximum absolute atomic E-state index is 14.4. The number of fused-ring (bicyclic) bond motifs is 1. The number of carbonyl (C=O) groups excluding carboxylic acids is 3. The summed E-state index contributed by atoms with van der Waals surface area (Å²) in [4.78, 5) is 46.6. The molecule has 0 unspecified atom stereocenters. The second-order valence-electron chi connectivity index (χ2n) is 12.1. The van der Waals surface area contributed by atoms with Crippen LogP contribution >= 0.6 is 31.9 Å². The van der Waals surface area contributed by atoms with Gasteiger partial charge in [0.05, 0.1) is 15.0 Å². The van der Waals surface area contributed by atoms with Gasteiger partial charge >= 0.3 is 10.4 Å². The number of halogens is 2. The van der Waals surface area contributed by atoms with E-state index in [4.69, 9.17) is 15.7 Å². The van der Waals surface area contributed by atoms with Gasteiger partial charge in [0.2, 0.25) is 17.7 Å². The van der Waals surface area contributed by atoms with Gasteiger partial charge in [-0.05, 0) is 99.9 Å². The topological polar surface area (TPSA) is 247 Å². The number of phenols is 1. The van der Waals surface area contributed by atoms with Gasteiger partial charge in [-0.15, -0.1) is 0 Å². The first-order valence-electron chi connectivity index (χ1n) is 15.5. The van der Waals surface area contributed by atoms with Crippen LogP contribution < -0.4 is 22.1 Å². The summed E-state index contributed by atoms with van der Waals surface area (Å²) in [6.07, 6.45) is 0.278. The SMILES string of the molecule is CC[C@H](C)[C@@H](NC(=O)[C@H](O)Cc1cc(Br)c(O)c(Br)c1)C(=O)N1[C@H](C(=O)NCCCCN=C(N)N)C[C@@H]2CC[C@@H](OS(=O)(=O)O)C[C@@H]21. The minimum Gasteiger partial charge on any atom is -0.506 e. The summed E-state index contributed by atoms with van der Waals surface area (Å²) in [5, 5.41) is 26.4. The van der Waals surface area contributed by atoms with E-state index in [9.17, 15) is 37.6 Å². The number of nitrogens with zero attached hydrogens (tertiary/aromatic N) is 2. The lowest BCUT2D eigenvalue weighted by atomic mass is 9.83. The molecule has 3 rings (SSSR count). The average molecular weight is 813 g/mol. The number of hydrogen-bond donors (Lipinski definition) is 7. The zero-order valence-electron chi connectivity index (χ0n) is 26.3. The lowest BCUT2D eigenvalue weighted by Crippen LogP contribution is -2.59. The van der Waals surface area contributed by atoms with Gasteiger partial charge in [-0.1, -0.05) is 20.3 Å². The van der Waals surface area contributed by atoms with E-state index >= 15 is 0 Å². The molecule has 0 aromatic heterocycles. The van der Waals surface area contributed by atoms with E-state index in [1.807, 2.05) is 6.92 Å². The Balaban J connectivity index is 1.83. The number of guanidine groups is 1. The molecule has 2 fully saturated rings. The average Bonchev–Trinajstić information content (AvgIpc) is 3.37. The number of phenolic OH excluding ortho intramolecular Hbond substituents is 1. The Morgan fingerprint density at radius 2 is 1.81 bits per heavy atom. The number of unbranched alkanes of at least 4 members (excludes halogenated alkanes) is 1. The maximum atomic E-state index is 14.4. The molecule has 9 N–H and O–H groups in total. The van der Waals surface area contributed by atoms with Crippen molar-refractivity contribution in [1.29, 1.82) is 0 Å². The quantitative estimate of drug-likeness (QED) is 0.0579. The van der Waals surface area contributed by atoms with Gasteiger partial charge in [0.25, 0.3) is 0 Å². The predicted octanol–water partition coefficient (Wildman–Crippen LogP) is 1.48. The van der Waals surface area contributed by atoms with Gasteiger partial charge < -0.3 is 37.2 Å². The molecule has 7 atom stereocenters. The van der Waals surface area contributed by atoms with Crippen LogP contribution in [0.5, 0.6) is 5.75 Å². The zero-order chi connectivity index (χ0) is 35.1. The number of nitrogens with two attached hydrogens (primary N) is 2. The van der Waals surface area contributed by atoms with E-state index in [-0.39, 0.29) is 36.4 Å². The number of aromatic hydroxyl groups is 1. The number of likely N-dealkylation sites (tertiary alicyclic amines) is 1. The number of aliphatic imine (C=N–C) groups is 1. The van der Waals surface area contributed by atoms with Crippen molar-refractivity contribution in [1.82, 2.24) is 15.5 Å². The summed E-state index contributed by atoms with van der Waals surface area (Å²) in [6.45, 7) is 4.32. The molecule has 1 saturated carbocycles. The monoisotopic (exact) mass is 810 g/mol. The Kier molecular flexibility index (Phi) is 14.3. The standard InChI is InChI=1S/C29H44Br2N6O9S/c1-3-15(2)24(36-27(41)23(38)12-16-10-19(30)25(39)20(31)11-16)28(42)37-21-14-18(46-47(43,44)45)7-6-17(21)13-22(37)26(40)34-8-4-5-9-35-29(32)33/h10-11,15,17-18,21-24,38-39H,3-9,12-14H2,1-2H3,(H,34,40)(H,36,41)(H4,32,33,35)(H,43,44,45)/t15-,17-,18+,21-,22-,23+,24+/m0/s1. The molecule has 1 saturated heterocycles. The third kappa shape index (κ3) is 11.0. The highest BCUT2D eigenvalue weighted by molar-refractivity contribution is 9.11. The number of aliphatic hydroxyl groups excluding tert-OH is 1. The molecular weight excluding hydrogens is 768 g/mol. The van der Waals surface area contributed by atoms with Gasteiger partial charge in [0.15, 0.2) is 5.96 Å². The van der Waals surface area contributed by atoms with Crippen LogP contribution in [0.2, 0.25) is 0 Å². The fourth-order valence-corrected chi connectivity index (χ4v) is 7.95. The van der Waals surface area contributed by atoms with Crippen molar-refractivity contribution in [3.05, 3.63) is 26.6 Å². The summed E-state index contributed by atoms with van der Waals surface area (Å²) >= 11 is 6.46. The number of benzene rings is 1. The second-order valence-corrected chi connectivity index (χ2v) is 14.8. The Morgan fingerprint density at radius 1 is 1.15 bits per heavy atom. The van der Waals surface area contributed by atoms with Crippen LogP contribution in [0.3, 0.4) is 0 Å². The lowest BCUT2D eigenvalue weighted by Gasteiger charge is -2.39. The minimum atomic E-state index is -4.75. The van der Waals surface area contributed by atoms with E-state index in [2.05, 4.69) is 47.5 Å². The number of rotatable bonds is 15. The highest BCUT2D eigenvalue weighted by Gasteiger charge is 2.51. The third-order valence-corrected chi connectivity index (χ3v) is 10.4. The van der Waals surface area contributed by atoms with Crippen molar-refractivity contribution in [2.75, 3.05) is 13.1 Å². The van der Waals surface area contributed by atoms with E-state index in [1.165, 1.54) is 4.90 Å². The molecule has 0 radical (unpaired) electrons. The largest absolute Gasteiger partial charge is 0.506 e. The molecule has 0 bridgehead atoms. The van der Waals surface area contributed by atoms with Crippen LogP contribution in [-0.4, -0.2) is 95.2 Å². The first-order chi connectivity index (χ1) is 22.0. The van der Waals surface area contributed by atoms with Crippen molar-refractivity contribution >= 4 is 65.9 Å². The molecule has 18 heteroatoms. The number of hydrogen-bond acceptors (Lipinski definition) is 9. The smallest absolute Gasteiger partial charge is 0.397 e. The van der Waals surface area contributed by atoms with Crippen LogP contribution in [0.1, 0.15) is 64.4 Å². The van der Waals surface area contributed by atoms with Gasteiger partial charge in [-0.3, -0.25) is 23.9 Å². The van der Waals surface area contributed by atoms with Crippen molar-refractivity contribution in [2.24, 2.45) is 28.3 Å². The van der Waals surface area contributed by atoms with Crippen LogP contribution in [0.25, 0.3) is 0 Å². The second kappa shape index (κ2) is 17.2.